The van der Waals surface area contributed by atoms with Crippen LogP contribution >= 0.6 is 11.8 Å². The highest BCUT2D eigenvalue weighted by Gasteiger charge is 2.34. The van der Waals surface area contributed by atoms with Gasteiger partial charge in [-0.1, -0.05) is 48.0 Å². The molecule has 1 saturated heterocycles. The van der Waals surface area contributed by atoms with Gasteiger partial charge in [0.05, 0.1) is 17.3 Å². The molecule has 0 aliphatic carbocycles. The third-order valence-electron chi connectivity index (χ3n) is 5.11. The van der Waals surface area contributed by atoms with E-state index >= 15 is 0 Å². The Hall–Kier alpha value is -1.79. The van der Waals surface area contributed by atoms with Gasteiger partial charge in [-0.25, -0.2) is 8.42 Å². The van der Waals surface area contributed by atoms with Gasteiger partial charge >= 0.3 is 0 Å². The highest BCUT2D eigenvalue weighted by Crippen LogP contribution is 2.29. The first-order chi connectivity index (χ1) is 13.2. The lowest BCUT2D eigenvalue weighted by molar-refractivity contribution is -0.130. The van der Waals surface area contributed by atoms with E-state index in [1.165, 1.54) is 16.7 Å². The van der Waals surface area contributed by atoms with Crippen LogP contribution in [0.15, 0.2) is 47.4 Å². The normalized spacial score (nSPS) is 18.2. The van der Waals surface area contributed by atoms with Crippen molar-refractivity contribution in [2.24, 2.45) is 0 Å². The van der Waals surface area contributed by atoms with Crippen molar-refractivity contribution < 1.29 is 13.2 Å². The Morgan fingerprint density at radius 2 is 1.75 bits per heavy atom. The van der Waals surface area contributed by atoms with E-state index in [0.29, 0.717) is 18.7 Å². The summed E-state index contributed by atoms with van der Waals surface area (Å²) in [6.07, 6.45) is 0.522. The van der Waals surface area contributed by atoms with Gasteiger partial charge in [0.25, 0.3) is 0 Å². The number of rotatable bonds is 6. The lowest BCUT2D eigenvalue weighted by Gasteiger charge is -2.28. The summed E-state index contributed by atoms with van der Waals surface area (Å²) >= 11 is 1.55. The van der Waals surface area contributed by atoms with Crippen LogP contribution in [-0.4, -0.2) is 42.5 Å². The fourth-order valence-electron chi connectivity index (χ4n) is 3.83. The highest BCUT2D eigenvalue weighted by atomic mass is 32.2. The Morgan fingerprint density at radius 3 is 2.32 bits per heavy atom. The molecular formula is C22H27NO3S2. The van der Waals surface area contributed by atoms with Crippen LogP contribution in [0.4, 0.5) is 0 Å². The first kappa shape index (κ1) is 20.9. The molecule has 0 N–H and O–H groups in total. The first-order valence-corrected chi connectivity index (χ1v) is 12.3. The molecule has 1 atom stereocenters. The minimum atomic E-state index is -3.05. The van der Waals surface area contributed by atoms with Crippen LogP contribution in [0, 0.1) is 20.8 Å². The van der Waals surface area contributed by atoms with Crippen molar-refractivity contribution in [2.45, 2.75) is 44.7 Å². The number of thioether (sulfide) groups is 1. The molecule has 1 aliphatic rings. The number of hydrogen-bond acceptors (Lipinski definition) is 4. The predicted octanol–water partition coefficient (Wildman–Crippen LogP) is 3.92. The zero-order valence-corrected chi connectivity index (χ0v) is 18.3. The Kier molecular flexibility index (Phi) is 6.50. The zero-order valence-electron chi connectivity index (χ0n) is 16.6. The van der Waals surface area contributed by atoms with E-state index in [0.717, 1.165) is 10.5 Å². The number of aryl methyl sites for hydroxylation is 3. The van der Waals surface area contributed by atoms with E-state index in [2.05, 4.69) is 32.9 Å². The van der Waals surface area contributed by atoms with Crippen molar-refractivity contribution in [2.75, 3.05) is 17.3 Å². The Labute approximate surface area is 172 Å². The van der Waals surface area contributed by atoms with Gasteiger partial charge in [0.2, 0.25) is 5.91 Å². The Balaban J connectivity index is 1.77. The van der Waals surface area contributed by atoms with Gasteiger partial charge in [0, 0.05) is 17.5 Å². The van der Waals surface area contributed by atoms with Crippen LogP contribution < -0.4 is 0 Å². The molecule has 0 bridgehead atoms. The number of carbonyl (C=O) groups is 1. The largest absolute Gasteiger partial charge is 0.334 e. The molecule has 0 spiro atoms. The topological polar surface area (TPSA) is 54.5 Å². The van der Waals surface area contributed by atoms with Gasteiger partial charge in [-0.05, 0) is 43.9 Å². The van der Waals surface area contributed by atoms with Gasteiger partial charge in [-0.15, -0.1) is 11.8 Å². The summed E-state index contributed by atoms with van der Waals surface area (Å²) in [7, 11) is -3.05. The molecule has 150 valence electrons. The lowest BCUT2D eigenvalue weighted by atomic mass is 10.1. The molecule has 2 aromatic carbocycles. The molecule has 6 heteroatoms. The van der Waals surface area contributed by atoms with Gasteiger partial charge in [0.1, 0.15) is 0 Å². The molecule has 1 amide bonds. The maximum atomic E-state index is 13.1. The number of amides is 1. The summed E-state index contributed by atoms with van der Waals surface area (Å²) in [5.41, 5.74) is 4.59. The van der Waals surface area contributed by atoms with E-state index in [1.807, 2.05) is 30.3 Å². The van der Waals surface area contributed by atoms with Gasteiger partial charge < -0.3 is 4.90 Å². The van der Waals surface area contributed by atoms with Crippen LogP contribution in [0.1, 0.15) is 28.7 Å². The summed E-state index contributed by atoms with van der Waals surface area (Å²) in [6.45, 7) is 6.66. The van der Waals surface area contributed by atoms with Crippen molar-refractivity contribution in [3.8, 4) is 0 Å². The number of carbonyl (C=O) groups excluding carboxylic acids is 1. The monoisotopic (exact) mass is 417 g/mol. The molecule has 1 heterocycles. The molecule has 0 radical (unpaired) electrons. The summed E-state index contributed by atoms with van der Waals surface area (Å²) in [4.78, 5) is 16.0. The summed E-state index contributed by atoms with van der Waals surface area (Å²) in [5, 5.41) is 0. The number of nitrogens with zero attached hydrogens (tertiary/aromatic N) is 1. The average Bonchev–Trinajstić information content (AvgIpc) is 2.99. The first-order valence-electron chi connectivity index (χ1n) is 9.49. The van der Waals surface area contributed by atoms with Crippen molar-refractivity contribution >= 4 is 27.5 Å². The van der Waals surface area contributed by atoms with Crippen LogP contribution in [0.3, 0.4) is 0 Å². The zero-order chi connectivity index (χ0) is 20.3. The Morgan fingerprint density at radius 1 is 1.11 bits per heavy atom. The molecule has 28 heavy (non-hydrogen) atoms. The molecule has 2 aromatic rings. The number of benzene rings is 2. The highest BCUT2D eigenvalue weighted by molar-refractivity contribution is 8.00. The SMILES string of the molecule is Cc1cc(C)c(SCC(=O)N(Cc2ccccc2)[C@H]2CCS(=O)(=O)C2)c(C)c1. The van der Waals surface area contributed by atoms with Gasteiger partial charge in [-0.3, -0.25) is 4.79 Å². The van der Waals surface area contributed by atoms with Crippen molar-refractivity contribution in [3.05, 3.63) is 64.7 Å². The summed E-state index contributed by atoms with van der Waals surface area (Å²) in [6, 6.07) is 13.8. The number of sulfone groups is 1. The second kappa shape index (κ2) is 8.70. The quantitative estimate of drug-likeness (QED) is 0.669. The minimum absolute atomic E-state index is 0.00433. The molecule has 4 nitrogen and oxygen atoms in total. The second-order valence-electron chi connectivity index (χ2n) is 7.58. The molecule has 0 unspecified atom stereocenters. The van der Waals surface area contributed by atoms with E-state index in [4.69, 9.17) is 0 Å². The second-order valence-corrected chi connectivity index (χ2v) is 10.8. The lowest BCUT2D eigenvalue weighted by Crippen LogP contribution is -2.41. The predicted molar refractivity (Wildman–Crippen MR) is 115 cm³/mol. The molecule has 3 rings (SSSR count). The van der Waals surface area contributed by atoms with E-state index in [9.17, 15) is 13.2 Å². The van der Waals surface area contributed by atoms with Crippen molar-refractivity contribution in [3.63, 3.8) is 0 Å². The molecular weight excluding hydrogens is 390 g/mol. The standard InChI is InChI=1S/C22H27NO3S2/c1-16-11-17(2)22(18(3)12-16)27-14-21(24)23(13-19-7-5-4-6-8-19)20-9-10-28(25,26)15-20/h4-8,11-12,20H,9-10,13-15H2,1-3H3/t20-/m0/s1. The minimum Gasteiger partial charge on any atom is -0.334 e. The molecule has 1 aliphatic heterocycles. The van der Waals surface area contributed by atoms with E-state index in [-0.39, 0.29) is 23.5 Å². The summed E-state index contributed by atoms with van der Waals surface area (Å²) < 4.78 is 24.0. The maximum Gasteiger partial charge on any atom is 0.233 e. The van der Waals surface area contributed by atoms with Crippen LogP contribution in [0.5, 0.6) is 0 Å². The summed E-state index contributed by atoms with van der Waals surface area (Å²) in [5.74, 6) is 0.544. The fourth-order valence-corrected chi connectivity index (χ4v) is 6.57. The molecule has 1 fully saturated rings. The fraction of sp³-hybridized carbons (Fsp3) is 0.409. The maximum absolute atomic E-state index is 13.1. The number of hydrogen-bond donors (Lipinski definition) is 0. The molecule has 0 aromatic heterocycles. The van der Waals surface area contributed by atoms with Crippen LogP contribution in [-0.2, 0) is 21.2 Å². The van der Waals surface area contributed by atoms with Gasteiger partial charge in [-0.2, -0.15) is 0 Å². The Bertz CT molecular complexity index is 932. The van der Waals surface area contributed by atoms with Crippen molar-refractivity contribution in [1.29, 1.82) is 0 Å². The van der Waals surface area contributed by atoms with E-state index in [1.54, 1.807) is 16.7 Å². The smallest absolute Gasteiger partial charge is 0.233 e. The van der Waals surface area contributed by atoms with Crippen molar-refractivity contribution in [1.82, 2.24) is 4.90 Å². The third kappa shape index (κ3) is 5.17. The van der Waals surface area contributed by atoms with Crippen LogP contribution in [0.2, 0.25) is 0 Å². The third-order valence-corrected chi connectivity index (χ3v) is 8.18. The molecule has 0 saturated carbocycles. The average molecular weight is 418 g/mol. The van der Waals surface area contributed by atoms with E-state index < -0.39 is 9.84 Å². The van der Waals surface area contributed by atoms with Crippen LogP contribution in [0.25, 0.3) is 0 Å². The van der Waals surface area contributed by atoms with Gasteiger partial charge in [0.15, 0.2) is 9.84 Å².